The van der Waals surface area contributed by atoms with E-state index >= 15 is 0 Å². The third-order valence-corrected chi connectivity index (χ3v) is 5.73. The standard InChI is InChI=1S/C20H22F3N7O2/c1-28-11-13(20(21,22)23)8-16(18(28)31)26-19(32)29(2)14-3-5-30(6-4-14)15-7-12-9-25-27-17(12)24-10-15/h7-11,14H,3-6H2,1-2H3,(H,26,32)(H,24,25,27). The number of aromatic amines is 1. The number of piperidine rings is 1. The third-order valence-electron chi connectivity index (χ3n) is 5.73. The third kappa shape index (κ3) is 4.25. The van der Waals surface area contributed by atoms with Crippen molar-refractivity contribution in [3.8, 4) is 0 Å². The van der Waals surface area contributed by atoms with Crippen molar-refractivity contribution in [1.29, 1.82) is 0 Å². The number of H-pyrrole nitrogens is 1. The first-order chi connectivity index (χ1) is 15.1. The van der Waals surface area contributed by atoms with Gasteiger partial charge in [-0.3, -0.25) is 9.89 Å². The van der Waals surface area contributed by atoms with Gasteiger partial charge >= 0.3 is 12.2 Å². The molecule has 4 rings (SSSR count). The van der Waals surface area contributed by atoms with Crippen molar-refractivity contribution in [3.05, 3.63) is 46.6 Å². The lowest BCUT2D eigenvalue weighted by atomic mass is 10.0. The first-order valence-corrected chi connectivity index (χ1v) is 9.99. The summed E-state index contributed by atoms with van der Waals surface area (Å²) >= 11 is 0. The Labute approximate surface area is 180 Å². The molecule has 12 heteroatoms. The highest BCUT2D eigenvalue weighted by Gasteiger charge is 2.32. The van der Waals surface area contributed by atoms with E-state index < -0.39 is 29.0 Å². The van der Waals surface area contributed by atoms with E-state index in [1.54, 1.807) is 19.4 Å². The monoisotopic (exact) mass is 449 g/mol. The summed E-state index contributed by atoms with van der Waals surface area (Å²) in [7, 11) is 2.79. The first-order valence-electron chi connectivity index (χ1n) is 9.99. The average molecular weight is 449 g/mol. The van der Waals surface area contributed by atoms with E-state index in [-0.39, 0.29) is 6.04 Å². The number of aromatic nitrogens is 4. The fourth-order valence-electron chi connectivity index (χ4n) is 3.83. The lowest BCUT2D eigenvalue weighted by molar-refractivity contribution is -0.138. The summed E-state index contributed by atoms with van der Waals surface area (Å²) < 4.78 is 40.0. The zero-order valence-electron chi connectivity index (χ0n) is 17.5. The van der Waals surface area contributed by atoms with E-state index in [1.165, 1.54) is 11.9 Å². The molecule has 0 unspecified atom stereocenters. The summed E-state index contributed by atoms with van der Waals surface area (Å²) in [6.07, 6.45) is 0.864. The molecule has 0 bridgehead atoms. The number of aryl methyl sites for hydroxylation is 1. The van der Waals surface area contributed by atoms with Crippen molar-refractivity contribution in [2.75, 3.05) is 30.4 Å². The van der Waals surface area contributed by atoms with Crippen LogP contribution in [0.2, 0.25) is 0 Å². The molecule has 9 nitrogen and oxygen atoms in total. The SMILES string of the molecule is CN(C(=O)Nc1cc(C(F)(F)F)cn(C)c1=O)C1CCN(c2cnc3[nH]ncc3c2)CC1. The van der Waals surface area contributed by atoms with Crippen LogP contribution in [0.3, 0.4) is 0 Å². The maximum atomic E-state index is 13.1. The Morgan fingerprint density at radius 2 is 1.97 bits per heavy atom. The average Bonchev–Trinajstić information content (AvgIpc) is 3.23. The number of hydrogen-bond acceptors (Lipinski definition) is 5. The number of halogens is 3. The summed E-state index contributed by atoms with van der Waals surface area (Å²) in [6, 6.07) is 1.91. The largest absolute Gasteiger partial charge is 0.417 e. The fourth-order valence-corrected chi connectivity index (χ4v) is 3.83. The number of carbonyl (C=O) groups is 1. The van der Waals surface area contributed by atoms with Crippen molar-refractivity contribution in [1.82, 2.24) is 24.6 Å². The topological polar surface area (TPSA) is 99.1 Å². The van der Waals surface area contributed by atoms with Gasteiger partial charge in [0.2, 0.25) is 0 Å². The van der Waals surface area contributed by atoms with Gasteiger partial charge in [0.15, 0.2) is 5.65 Å². The molecule has 0 spiro atoms. The zero-order valence-corrected chi connectivity index (χ0v) is 17.5. The number of nitrogens with one attached hydrogen (secondary N) is 2. The van der Waals surface area contributed by atoms with E-state index in [9.17, 15) is 22.8 Å². The molecule has 32 heavy (non-hydrogen) atoms. The van der Waals surface area contributed by atoms with Crippen molar-refractivity contribution in [2.24, 2.45) is 7.05 Å². The van der Waals surface area contributed by atoms with Crippen molar-refractivity contribution < 1.29 is 18.0 Å². The van der Waals surface area contributed by atoms with Crippen LogP contribution >= 0.6 is 0 Å². The summed E-state index contributed by atoms with van der Waals surface area (Å²) in [5.41, 5.74) is -0.459. The van der Waals surface area contributed by atoms with Gasteiger partial charge in [-0.25, -0.2) is 9.78 Å². The first kappa shape index (κ1) is 21.7. The number of hydrogen-bond donors (Lipinski definition) is 2. The highest BCUT2D eigenvalue weighted by atomic mass is 19.4. The number of carbonyl (C=O) groups excluding carboxylic acids is 1. The molecular weight excluding hydrogens is 427 g/mol. The molecule has 2 N–H and O–H groups in total. The predicted molar refractivity (Wildman–Crippen MR) is 113 cm³/mol. The van der Waals surface area contributed by atoms with Crippen LogP contribution < -0.4 is 15.8 Å². The number of rotatable bonds is 3. The highest BCUT2D eigenvalue weighted by molar-refractivity contribution is 5.89. The molecule has 0 saturated carbocycles. The summed E-state index contributed by atoms with van der Waals surface area (Å²) in [6.45, 7) is 1.36. The predicted octanol–water partition coefficient (Wildman–Crippen LogP) is 2.81. The minimum Gasteiger partial charge on any atom is -0.370 e. The molecule has 0 aromatic carbocycles. The molecule has 0 atom stereocenters. The van der Waals surface area contributed by atoms with Crippen LogP contribution in [0.1, 0.15) is 18.4 Å². The van der Waals surface area contributed by atoms with Gasteiger partial charge in [0.1, 0.15) is 5.69 Å². The minimum absolute atomic E-state index is 0.119. The molecule has 1 fully saturated rings. The van der Waals surface area contributed by atoms with E-state index in [2.05, 4.69) is 25.4 Å². The molecule has 0 aliphatic carbocycles. The molecule has 3 aromatic heterocycles. The molecular formula is C20H22F3N7O2. The number of amides is 2. The van der Waals surface area contributed by atoms with Gasteiger partial charge in [-0.15, -0.1) is 0 Å². The molecule has 0 radical (unpaired) electrons. The smallest absolute Gasteiger partial charge is 0.370 e. The van der Waals surface area contributed by atoms with Crippen LogP contribution in [0, 0.1) is 0 Å². The molecule has 4 heterocycles. The lowest BCUT2D eigenvalue weighted by Gasteiger charge is -2.37. The molecule has 2 amide bonds. The second-order valence-corrected chi connectivity index (χ2v) is 7.82. The highest BCUT2D eigenvalue weighted by Crippen LogP contribution is 2.30. The number of nitrogens with zero attached hydrogens (tertiary/aromatic N) is 5. The second-order valence-electron chi connectivity index (χ2n) is 7.82. The molecule has 1 saturated heterocycles. The van der Waals surface area contributed by atoms with Crippen LogP contribution in [0.25, 0.3) is 11.0 Å². The Morgan fingerprint density at radius 1 is 1.25 bits per heavy atom. The molecule has 3 aromatic rings. The lowest BCUT2D eigenvalue weighted by Crippen LogP contribution is -2.47. The fraction of sp³-hybridized carbons (Fsp3) is 0.400. The van der Waals surface area contributed by atoms with Crippen LogP contribution in [0.15, 0.2) is 35.5 Å². The van der Waals surface area contributed by atoms with Gasteiger partial charge in [-0.1, -0.05) is 0 Å². The van der Waals surface area contributed by atoms with Crippen LogP contribution in [0.5, 0.6) is 0 Å². The quantitative estimate of drug-likeness (QED) is 0.641. The van der Waals surface area contributed by atoms with E-state index in [1.807, 2.05) is 6.07 Å². The van der Waals surface area contributed by atoms with Crippen molar-refractivity contribution in [2.45, 2.75) is 25.1 Å². The van der Waals surface area contributed by atoms with Gasteiger partial charge in [0.05, 0.1) is 23.6 Å². The summed E-state index contributed by atoms with van der Waals surface area (Å²) in [5.74, 6) is 0. The van der Waals surface area contributed by atoms with Crippen molar-refractivity contribution in [3.63, 3.8) is 0 Å². The van der Waals surface area contributed by atoms with E-state index in [0.29, 0.717) is 43.8 Å². The zero-order chi connectivity index (χ0) is 23.0. The number of urea groups is 1. The number of pyridine rings is 2. The Bertz CT molecular complexity index is 1200. The maximum Gasteiger partial charge on any atom is 0.417 e. The number of alkyl halides is 3. The molecule has 1 aliphatic heterocycles. The Kier molecular flexibility index (Phi) is 5.53. The number of fused-ring (bicyclic) bond motifs is 1. The minimum atomic E-state index is -4.63. The van der Waals surface area contributed by atoms with Crippen LogP contribution in [-0.2, 0) is 13.2 Å². The maximum absolute atomic E-state index is 13.1. The molecule has 170 valence electrons. The van der Waals surface area contributed by atoms with E-state index in [4.69, 9.17) is 0 Å². The van der Waals surface area contributed by atoms with Gasteiger partial charge in [0.25, 0.3) is 5.56 Å². The summed E-state index contributed by atoms with van der Waals surface area (Å²) in [5, 5.41) is 10.0. The van der Waals surface area contributed by atoms with Gasteiger partial charge in [-0.05, 0) is 25.0 Å². The Morgan fingerprint density at radius 3 is 2.66 bits per heavy atom. The van der Waals surface area contributed by atoms with Gasteiger partial charge in [0, 0.05) is 44.8 Å². The normalized spacial score (nSPS) is 15.2. The van der Waals surface area contributed by atoms with E-state index in [0.717, 1.165) is 15.6 Å². The summed E-state index contributed by atoms with van der Waals surface area (Å²) in [4.78, 5) is 32.8. The number of anilines is 2. The van der Waals surface area contributed by atoms with Gasteiger partial charge in [-0.2, -0.15) is 18.3 Å². The molecule has 1 aliphatic rings. The van der Waals surface area contributed by atoms with Gasteiger partial charge < -0.3 is 19.7 Å². The Balaban J connectivity index is 1.41. The second kappa shape index (κ2) is 8.17. The van der Waals surface area contributed by atoms with Crippen molar-refractivity contribution >= 4 is 28.4 Å². The van der Waals surface area contributed by atoms with Crippen LogP contribution in [0.4, 0.5) is 29.3 Å². The van der Waals surface area contributed by atoms with Crippen LogP contribution in [-0.4, -0.2) is 56.9 Å². The Hall–Kier alpha value is -3.57.